The number of nitrogens with zero attached hydrogens (tertiary/aromatic N) is 1. The number of carbonyl (C=O) groups is 2. The van der Waals surface area contributed by atoms with Crippen LogP contribution in [-0.2, 0) is 16.1 Å². The van der Waals surface area contributed by atoms with Gasteiger partial charge in [0.25, 0.3) is 0 Å². The fourth-order valence-corrected chi connectivity index (χ4v) is 3.56. The summed E-state index contributed by atoms with van der Waals surface area (Å²) in [5.41, 5.74) is 2.97. The molecule has 1 saturated carbocycles. The Bertz CT molecular complexity index is 588. The summed E-state index contributed by atoms with van der Waals surface area (Å²) in [6, 6.07) is 6.27. The van der Waals surface area contributed by atoms with Gasteiger partial charge in [-0.25, -0.2) is 0 Å². The van der Waals surface area contributed by atoms with Gasteiger partial charge in [-0.2, -0.15) is 0 Å². The van der Waals surface area contributed by atoms with Crippen LogP contribution in [0.3, 0.4) is 0 Å². The first-order valence-electron chi connectivity index (χ1n) is 7.68. The summed E-state index contributed by atoms with van der Waals surface area (Å²) in [5.74, 6) is 0.0677. The smallest absolute Gasteiger partial charge is 0.246 e. The maximum absolute atomic E-state index is 12.4. The van der Waals surface area contributed by atoms with Gasteiger partial charge in [-0.1, -0.05) is 31.0 Å². The van der Waals surface area contributed by atoms with Gasteiger partial charge in [0.15, 0.2) is 0 Å². The Morgan fingerprint density at radius 2 is 1.86 bits per heavy atom. The molecule has 2 fully saturated rings. The third-order valence-electron chi connectivity index (χ3n) is 4.98. The van der Waals surface area contributed by atoms with Crippen LogP contribution in [0.25, 0.3) is 0 Å². The molecule has 0 bridgehead atoms. The molecule has 3 rings (SSSR count). The summed E-state index contributed by atoms with van der Waals surface area (Å²) < 4.78 is 0. The number of nitrogens with one attached hydrogen (secondary N) is 1. The van der Waals surface area contributed by atoms with Crippen molar-refractivity contribution in [2.24, 2.45) is 0 Å². The van der Waals surface area contributed by atoms with Crippen molar-refractivity contribution < 1.29 is 9.59 Å². The van der Waals surface area contributed by atoms with E-state index in [9.17, 15) is 9.59 Å². The lowest BCUT2D eigenvalue weighted by Gasteiger charge is -2.43. The number of piperazine rings is 1. The second-order valence-corrected chi connectivity index (χ2v) is 6.32. The maximum Gasteiger partial charge on any atom is 0.246 e. The molecule has 1 aliphatic heterocycles. The van der Waals surface area contributed by atoms with E-state index in [0.717, 1.165) is 31.2 Å². The zero-order chi connectivity index (χ0) is 15.0. The van der Waals surface area contributed by atoms with Crippen LogP contribution in [0, 0.1) is 13.8 Å². The molecule has 1 heterocycles. The van der Waals surface area contributed by atoms with Gasteiger partial charge in [-0.15, -0.1) is 0 Å². The number of hydrogen-bond donors (Lipinski definition) is 1. The van der Waals surface area contributed by atoms with Crippen molar-refractivity contribution in [1.82, 2.24) is 10.2 Å². The topological polar surface area (TPSA) is 49.4 Å². The van der Waals surface area contributed by atoms with Crippen molar-refractivity contribution in [3.8, 4) is 0 Å². The molecular formula is C17H22N2O2. The van der Waals surface area contributed by atoms with Crippen molar-refractivity contribution in [2.45, 2.75) is 51.6 Å². The monoisotopic (exact) mass is 286 g/mol. The molecule has 2 amide bonds. The Hall–Kier alpha value is -1.84. The first-order valence-corrected chi connectivity index (χ1v) is 7.68. The van der Waals surface area contributed by atoms with E-state index in [1.165, 1.54) is 11.1 Å². The minimum Gasteiger partial charge on any atom is -0.345 e. The van der Waals surface area contributed by atoms with Gasteiger partial charge in [-0.05, 0) is 43.4 Å². The zero-order valence-electron chi connectivity index (χ0n) is 12.7. The Morgan fingerprint density at radius 3 is 2.52 bits per heavy atom. The van der Waals surface area contributed by atoms with Gasteiger partial charge >= 0.3 is 0 Å². The Balaban J connectivity index is 1.91. The van der Waals surface area contributed by atoms with Gasteiger partial charge in [0.1, 0.15) is 5.54 Å². The normalized spacial score (nSPS) is 21.0. The Labute approximate surface area is 125 Å². The molecule has 0 radical (unpaired) electrons. The van der Waals surface area contributed by atoms with Crippen molar-refractivity contribution in [3.63, 3.8) is 0 Å². The number of amides is 2. The number of hydrogen-bond acceptors (Lipinski definition) is 2. The minimum atomic E-state index is -0.603. The summed E-state index contributed by atoms with van der Waals surface area (Å²) in [4.78, 5) is 26.6. The average molecular weight is 286 g/mol. The molecule has 1 spiro atoms. The first kappa shape index (κ1) is 14.1. The van der Waals surface area contributed by atoms with Crippen molar-refractivity contribution in [2.75, 3.05) is 6.54 Å². The van der Waals surface area contributed by atoms with E-state index in [1.807, 2.05) is 4.90 Å². The number of aryl methyl sites for hydroxylation is 2. The predicted molar refractivity (Wildman–Crippen MR) is 80.7 cm³/mol. The van der Waals surface area contributed by atoms with E-state index >= 15 is 0 Å². The second-order valence-electron chi connectivity index (χ2n) is 6.32. The molecule has 1 saturated heterocycles. The molecular weight excluding hydrogens is 264 g/mol. The molecule has 4 heteroatoms. The third-order valence-corrected chi connectivity index (χ3v) is 4.98. The van der Waals surface area contributed by atoms with Crippen molar-refractivity contribution in [1.29, 1.82) is 0 Å². The van der Waals surface area contributed by atoms with Gasteiger partial charge in [0.05, 0.1) is 6.54 Å². The molecule has 4 nitrogen and oxygen atoms in total. The molecule has 1 aromatic carbocycles. The lowest BCUT2D eigenvalue weighted by atomic mass is 9.90. The summed E-state index contributed by atoms with van der Waals surface area (Å²) in [6.07, 6.45) is 3.61. The van der Waals surface area contributed by atoms with Crippen LogP contribution in [0.2, 0.25) is 0 Å². The summed E-state index contributed by atoms with van der Waals surface area (Å²) >= 11 is 0. The zero-order valence-corrected chi connectivity index (χ0v) is 12.7. The molecule has 0 aromatic heterocycles. The van der Waals surface area contributed by atoms with Gasteiger partial charge < -0.3 is 10.2 Å². The first-order chi connectivity index (χ1) is 10.0. The lowest BCUT2D eigenvalue weighted by Crippen LogP contribution is -2.65. The van der Waals surface area contributed by atoms with E-state index in [0.29, 0.717) is 6.54 Å². The van der Waals surface area contributed by atoms with E-state index in [4.69, 9.17) is 0 Å². The average Bonchev–Trinajstić information content (AvgIpc) is 2.94. The van der Waals surface area contributed by atoms with Crippen LogP contribution in [-0.4, -0.2) is 28.8 Å². The molecule has 0 atom stereocenters. The summed E-state index contributed by atoms with van der Waals surface area (Å²) in [5, 5.41) is 2.77. The molecule has 1 N–H and O–H groups in total. The van der Waals surface area contributed by atoms with Crippen LogP contribution in [0.15, 0.2) is 18.2 Å². The molecule has 21 heavy (non-hydrogen) atoms. The van der Waals surface area contributed by atoms with Crippen molar-refractivity contribution >= 4 is 11.8 Å². The van der Waals surface area contributed by atoms with E-state index in [2.05, 4.69) is 37.4 Å². The third kappa shape index (κ3) is 2.33. The highest BCUT2D eigenvalue weighted by atomic mass is 16.2. The maximum atomic E-state index is 12.4. The van der Waals surface area contributed by atoms with Gasteiger partial charge in [0, 0.05) is 6.54 Å². The van der Waals surface area contributed by atoms with Crippen LogP contribution in [0.5, 0.6) is 0 Å². The van der Waals surface area contributed by atoms with Crippen LogP contribution in [0.4, 0.5) is 0 Å². The summed E-state index contributed by atoms with van der Waals surface area (Å²) in [6.45, 7) is 4.82. The number of benzene rings is 1. The molecule has 1 aromatic rings. The number of carbonyl (C=O) groups excluding carboxylic acids is 2. The SMILES string of the molecule is Cc1ccc(CN2C(=O)CNC(=O)C23CCCC3)cc1C. The van der Waals surface area contributed by atoms with Crippen LogP contribution in [0.1, 0.15) is 42.4 Å². The predicted octanol–water partition coefficient (Wildman–Crippen LogP) is 2.07. The molecule has 112 valence electrons. The quantitative estimate of drug-likeness (QED) is 0.905. The van der Waals surface area contributed by atoms with E-state index in [1.54, 1.807) is 0 Å². The lowest BCUT2D eigenvalue weighted by molar-refractivity contribution is -0.154. The van der Waals surface area contributed by atoms with Gasteiger partial charge in [-0.3, -0.25) is 9.59 Å². The summed E-state index contributed by atoms with van der Waals surface area (Å²) in [7, 11) is 0. The Kier molecular flexibility index (Phi) is 3.47. The van der Waals surface area contributed by atoms with E-state index in [-0.39, 0.29) is 18.4 Å². The molecule has 0 unspecified atom stereocenters. The highest BCUT2D eigenvalue weighted by molar-refractivity contribution is 5.98. The second kappa shape index (κ2) is 5.17. The van der Waals surface area contributed by atoms with E-state index < -0.39 is 5.54 Å². The fourth-order valence-electron chi connectivity index (χ4n) is 3.56. The minimum absolute atomic E-state index is 0.0310. The Morgan fingerprint density at radius 1 is 1.14 bits per heavy atom. The highest BCUT2D eigenvalue weighted by Crippen LogP contribution is 2.38. The van der Waals surface area contributed by atoms with Crippen LogP contribution >= 0.6 is 0 Å². The highest BCUT2D eigenvalue weighted by Gasteiger charge is 2.50. The van der Waals surface area contributed by atoms with Gasteiger partial charge in [0.2, 0.25) is 11.8 Å². The molecule has 2 aliphatic rings. The number of rotatable bonds is 2. The largest absolute Gasteiger partial charge is 0.345 e. The van der Waals surface area contributed by atoms with Crippen molar-refractivity contribution in [3.05, 3.63) is 34.9 Å². The fraction of sp³-hybridized carbons (Fsp3) is 0.529. The standard InChI is InChI=1S/C17H22N2O2/c1-12-5-6-14(9-13(12)2)11-19-15(20)10-18-16(21)17(19)7-3-4-8-17/h5-6,9H,3-4,7-8,10-11H2,1-2H3,(H,18,21). The van der Waals surface area contributed by atoms with Crippen LogP contribution < -0.4 is 5.32 Å². The molecule has 1 aliphatic carbocycles.